The van der Waals surface area contributed by atoms with Crippen LogP contribution in [0.4, 0.5) is 0 Å². The Bertz CT molecular complexity index is 611. The third-order valence-electron chi connectivity index (χ3n) is 3.56. The largest absolute Gasteiger partial charge is 0.389 e. The summed E-state index contributed by atoms with van der Waals surface area (Å²) < 4.78 is 0. The lowest BCUT2D eigenvalue weighted by Gasteiger charge is -2.25. The third kappa shape index (κ3) is 4.33. The first kappa shape index (κ1) is 15.6. The lowest BCUT2D eigenvalue weighted by Crippen LogP contribution is -2.39. The van der Waals surface area contributed by atoms with Crippen LogP contribution in [0.3, 0.4) is 0 Å². The molecule has 4 heteroatoms. The Labute approximate surface area is 125 Å². The van der Waals surface area contributed by atoms with Crippen molar-refractivity contribution in [2.45, 2.75) is 38.7 Å². The molecule has 0 aliphatic rings. The molecule has 0 aliphatic carbocycles. The van der Waals surface area contributed by atoms with Crippen LogP contribution in [0.15, 0.2) is 30.5 Å². The van der Waals surface area contributed by atoms with Crippen molar-refractivity contribution in [3.63, 3.8) is 0 Å². The summed E-state index contributed by atoms with van der Waals surface area (Å²) in [6.07, 6.45) is 4.23. The molecule has 4 nitrogen and oxygen atoms in total. The number of nitrogens with one attached hydrogen (secondary N) is 1. The van der Waals surface area contributed by atoms with Gasteiger partial charge in [-0.3, -0.25) is 4.79 Å². The van der Waals surface area contributed by atoms with Gasteiger partial charge < -0.3 is 15.0 Å². The number of nitrogens with zero attached hydrogens (tertiary/aromatic N) is 1. The molecule has 0 aliphatic heterocycles. The third-order valence-corrected chi connectivity index (χ3v) is 3.56. The van der Waals surface area contributed by atoms with Gasteiger partial charge in [0.2, 0.25) is 5.91 Å². The molecule has 0 saturated heterocycles. The monoisotopic (exact) mass is 288 g/mol. The molecule has 0 radical (unpaired) electrons. The van der Waals surface area contributed by atoms with Crippen molar-refractivity contribution in [3.05, 3.63) is 36.0 Å². The molecule has 1 heterocycles. The average molecular weight is 288 g/mol. The van der Waals surface area contributed by atoms with Crippen molar-refractivity contribution in [2.75, 3.05) is 13.6 Å². The highest BCUT2D eigenvalue weighted by atomic mass is 16.3. The van der Waals surface area contributed by atoms with Gasteiger partial charge in [0.1, 0.15) is 0 Å². The number of carbonyl (C=O) groups is 1. The molecule has 1 aromatic heterocycles. The van der Waals surface area contributed by atoms with Gasteiger partial charge in [-0.25, -0.2) is 0 Å². The molecule has 0 unspecified atom stereocenters. The number of H-pyrrole nitrogens is 1. The van der Waals surface area contributed by atoms with Crippen molar-refractivity contribution in [1.29, 1.82) is 0 Å². The fraction of sp³-hybridized carbons (Fsp3) is 0.471. The van der Waals surface area contributed by atoms with Gasteiger partial charge >= 0.3 is 0 Å². The number of aromatic nitrogens is 1. The van der Waals surface area contributed by atoms with Crippen molar-refractivity contribution < 1.29 is 9.90 Å². The van der Waals surface area contributed by atoms with E-state index in [9.17, 15) is 9.90 Å². The van der Waals surface area contributed by atoms with E-state index in [1.54, 1.807) is 25.8 Å². The van der Waals surface area contributed by atoms with E-state index >= 15 is 0 Å². The van der Waals surface area contributed by atoms with E-state index in [1.807, 2.05) is 18.3 Å². The number of para-hydroxylation sites is 1. The quantitative estimate of drug-likeness (QED) is 0.858. The van der Waals surface area contributed by atoms with Gasteiger partial charge in [-0.2, -0.15) is 0 Å². The van der Waals surface area contributed by atoms with E-state index in [0.717, 1.165) is 18.4 Å². The number of rotatable bonds is 6. The minimum atomic E-state index is -0.846. The van der Waals surface area contributed by atoms with Crippen LogP contribution in [0.1, 0.15) is 32.3 Å². The van der Waals surface area contributed by atoms with Crippen LogP contribution < -0.4 is 0 Å². The molecule has 21 heavy (non-hydrogen) atoms. The first-order chi connectivity index (χ1) is 9.87. The van der Waals surface area contributed by atoms with E-state index < -0.39 is 5.60 Å². The van der Waals surface area contributed by atoms with Crippen molar-refractivity contribution in [2.24, 2.45) is 0 Å². The summed E-state index contributed by atoms with van der Waals surface area (Å²) in [5.74, 6) is 0.0805. The summed E-state index contributed by atoms with van der Waals surface area (Å²) in [7, 11) is 1.74. The predicted octanol–water partition coefficient (Wildman–Crippen LogP) is 2.72. The highest BCUT2D eigenvalue weighted by Crippen LogP contribution is 2.19. The highest BCUT2D eigenvalue weighted by Gasteiger charge is 2.19. The van der Waals surface area contributed by atoms with E-state index in [-0.39, 0.29) is 5.91 Å². The maximum absolute atomic E-state index is 12.0. The molecule has 0 bridgehead atoms. The van der Waals surface area contributed by atoms with Gasteiger partial charge in [-0.1, -0.05) is 18.2 Å². The summed E-state index contributed by atoms with van der Waals surface area (Å²) in [4.78, 5) is 16.9. The molecule has 0 fully saturated rings. The molecule has 2 N–H and O–H groups in total. The number of amides is 1. The Morgan fingerprint density at radius 1 is 1.33 bits per heavy atom. The van der Waals surface area contributed by atoms with Crippen molar-refractivity contribution in [3.8, 4) is 0 Å². The maximum atomic E-state index is 12.0. The number of fused-ring (bicyclic) bond motifs is 1. The highest BCUT2D eigenvalue weighted by molar-refractivity contribution is 5.83. The van der Waals surface area contributed by atoms with E-state index in [2.05, 4.69) is 17.1 Å². The van der Waals surface area contributed by atoms with Gasteiger partial charge in [-0.15, -0.1) is 0 Å². The van der Waals surface area contributed by atoms with Crippen molar-refractivity contribution >= 4 is 16.8 Å². The normalized spacial score (nSPS) is 11.8. The van der Waals surface area contributed by atoms with Crippen LogP contribution in [-0.2, 0) is 11.2 Å². The minimum absolute atomic E-state index is 0.0805. The molecule has 114 valence electrons. The number of likely N-dealkylation sites (N-methyl/N-ethyl adjacent to an activating group) is 1. The van der Waals surface area contributed by atoms with Crippen molar-refractivity contribution in [1.82, 2.24) is 9.88 Å². The second-order valence-electron chi connectivity index (χ2n) is 6.28. The zero-order chi connectivity index (χ0) is 15.5. The molecule has 0 saturated carbocycles. The maximum Gasteiger partial charge on any atom is 0.222 e. The van der Waals surface area contributed by atoms with Gasteiger partial charge in [0.15, 0.2) is 0 Å². The Hall–Kier alpha value is -1.81. The molecule has 0 atom stereocenters. The molecular formula is C17H24N2O2. The van der Waals surface area contributed by atoms with Crippen LogP contribution in [-0.4, -0.2) is 40.1 Å². The SMILES string of the molecule is CN(CC(C)(C)O)C(=O)CCCc1c[nH]c2ccccc12. The summed E-state index contributed by atoms with van der Waals surface area (Å²) in [6, 6.07) is 8.20. The summed E-state index contributed by atoms with van der Waals surface area (Å²) in [6.45, 7) is 3.78. The summed E-state index contributed by atoms with van der Waals surface area (Å²) >= 11 is 0. The number of hydrogen-bond acceptors (Lipinski definition) is 2. The zero-order valence-electron chi connectivity index (χ0n) is 13.0. The number of aromatic amines is 1. The van der Waals surface area contributed by atoms with Gasteiger partial charge in [0, 0.05) is 37.1 Å². The molecule has 1 amide bonds. The number of benzene rings is 1. The zero-order valence-corrected chi connectivity index (χ0v) is 13.0. The molecule has 1 aromatic carbocycles. The number of carbonyl (C=O) groups excluding carboxylic acids is 1. The van der Waals surface area contributed by atoms with Crippen LogP contribution >= 0.6 is 0 Å². The Morgan fingerprint density at radius 2 is 2.05 bits per heavy atom. The molecule has 2 rings (SSSR count). The molecule has 0 spiro atoms. The first-order valence-corrected chi connectivity index (χ1v) is 7.38. The summed E-state index contributed by atoms with van der Waals surface area (Å²) in [5, 5.41) is 11.0. The van der Waals surface area contributed by atoms with E-state index in [1.165, 1.54) is 10.9 Å². The van der Waals surface area contributed by atoms with Crippen LogP contribution in [0.2, 0.25) is 0 Å². The van der Waals surface area contributed by atoms with Gasteiger partial charge in [-0.05, 0) is 38.3 Å². The number of aliphatic hydroxyl groups is 1. The molecular weight excluding hydrogens is 264 g/mol. The standard InChI is InChI=1S/C17H24N2O2/c1-17(2,21)12-19(3)16(20)10-6-7-13-11-18-15-9-5-4-8-14(13)15/h4-5,8-9,11,18,21H,6-7,10,12H2,1-3H3. The van der Waals surface area contributed by atoms with Gasteiger partial charge in [0.05, 0.1) is 5.60 Å². The molecule has 2 aromatic rings. The fourth-order valence-electron chi connectivity index (χ4n) is 2.63. The number of hydrogen-bond donors (Lipinski definition) is 2. The fourth-order valence-corrected chi connectivity index (χ4v) is 2.63. The minimum Gasteiger partial charge on any atom is -0.389 e. The van der Waals surface area contributed by atoms with Crippen LogP contribution in [0, 0.1) is 0 Å². The van der Waals surface area contributed by atoms with Crippen LogP contribution in [0.25, 0.3) is 10.9 Å². The second kappa shape index (κ2) is 6.31. The van der Waals surface area contributed by atoms with Gasteiger partial charge in [0.25, 0.3) is 0 Å². The van der Waals surface area contributed by atoms with E-state index in [0.29, 0.717) is 13.0 Å². The Kier molecular flexibility index (Phi) is 4.68. The average Bonchev–Trinajstić information content (AvgIpc) is 2.80. The van der Waals surface area contributed by atoms with E-state index in [4.69, 9.17) is 0 Å². The Balaban J connectivity index is 1.85. The second-order valence-corrected chi connectivity index (χ2v) is 6.28. The first-order valence-electron chi connectivity index (χ1n) is 7.38. The smallest absolute Gasteiger partial charge is 0.222 e. The Morgan fingerprint density at radius 3 is 2.76 bits per heavy atom. The van der Waals surface area contributed by atoms with Crippen LogP contribution in [0.5, 0.6) is 0 Å². The lowest BCUT2D eigenvalue weighted by atomic mass is 10.1. The topological polar surface area (TPSA) is 56.3 Å². The summed E-state index contributed by atoms with van der Waals surface area (Å²) in [5.41, 5.74) is 1.54. The number of aryl methyl sites for hydroxylation is 1. The predicted molar refractivity (Wildman–Crippen MR) is 85.2 cm³/mol. The lowest BCUT2D eigenvalue weighted by molar-refractivity contribution is -0.132.